The Balaban J connectivity index is 2.27. The van der Waals surface area contributed by atoms with Crippen LogP contribution in [0, 0.1) is 5.92 Å². The van der Waals surface area contributed by atoms with Gasteiger partial charge < -0.3 is 5.11 Å². The molecule has 0 aromatic carbocycles. The van der Waals surface area contributed by atoms with Crippen LogP contribution in [0.2, 0.25) is 0 Å². The highest BCUT2D eigenvalue weighted by Crippen LogP contribution is 2.20. The molecule has 1 N–H and O–H groups in total. The molecule has 1 nitrogen and oxygen atoms in total. The number of aliphatic hydroxyl groups excluding tert-OH is 1. The molecule has 0 saturated heterocycles. The zero-order valence-electron chi connectivity index (χ0n) is 11.4. The van der Waals surface area contributed by atoms with Gasteiger partial charge in [0.25, 0.3) is 0 Å². The van der Waals surface area contributed by atoms with E-state index in [9.17, 15) is 0 Å². The van der Waals surface area contributed by atoms with Crippen molar-refractivity contribution in [3.05, 3.63) is 12.2 Å². The molecule has 1 heteroatoms. The lowest BCUT2D eigenvalue weighted by molar-refractivity contribution is 0.279. The molecule has 0 saturated carbocycles. The predicted octanol–water partition coefficient (Wildman–Crippen LogP) is 4.85. The third-order valence-electron chi connectivity index (χ3n) is 3.84. The normalized spacial score (nSPS) is 25.8. The van der Waals surface area contributed by atoms with Crippen LogP contribution in [0.3, 0.4) is 0 Å². The zero-order valence-corrected chi connectivity index (χ0v) is 11.4. The molecule has 17 heavy (non-hydrogen) atoms. The van der Waals surface area contributed by atoms with Gasteiger partial charge >= 0.3 is 0 Å². The van der Waals surface area contributed by atoms with E-state index in [0.717, 1.165) is 12.3 Å². The fraction of sp³-hybridized carbons (Fsp3) is 0.875. The first kappa shape index (κ1) is 14.8. The van der Waals surface area contributed by atoms with Gasteiger partial charge in [-0.25, -0.2) is 0 Å². The van der Waals surface area contributed by atoms with Crippen molar-refractivity contribution in [3.63, 3.8) is 0 Å². The first-order valence-corrected chi connectivity index (χ1v) is 7.71. The Morgan fingerprint density at radius 2 is 1.59 bits per heavy atom. The largest absolute Gasteiger partial charge is 0.396 e. The lowest BCUT2D eigenvalue weighted by Gasteiger charge is -2.13. The average Bonchev–Trinajstić information content (AvgIpc) is 2.32. The van der Waals surface area contributed by atoms with Gasteiger partial charge in [0.05, 0.1) is 0 Å². The topological polar surface area (TPSA) is 20.2 Å². The number of unbranched alkanes of at least 4 members (excludes halogenated alkanes) is 1. The molecule has 0 fully saturated rings. The third-order valence-corrected chi connectivity index (χ3v) is 3.84. The van der Waals surface area contributed by atoms with Gasteiger partial charge in [0.2, 0.25) is 0 Å². The minimum absolute atomic E-state index is 0.358. The summed E-state index contributed by atoms with van der Waals surface area (Å²) in [4.78, 5) is 0. The van der Waals surface area contributed by atoms with Gasteiger partial charge in [0.15, 0.2) is 0 Å². The Morgan fingerprint density at radius 1 is 0.882 bits per heavy atom. The van der Waals surface area contributed by atoms with Crippen molar-refractivity contribution in [1.29, 1.82) is 0 Å². The van der Waals surface area contributed by atoms with Crippen LogP contribution < -0.4 is 0 Å². The second-order valence-corrected chi connectivity index (χ2v) is 5.46. The number of allylic oxidation sites excluding steroid dienone is 2. The van der Waals surface area contributed by atoms with E-state index in [-0.39, 0.29) is 0 Å². The van der Waals surface area contributed by atoms with Crippen LogP contribution in [0.5, 0.6) is 0 Å². The van der Waals surface area contributed by atoms with E-state index < -0.39 is 0 Å². The van der Waals surface area contributed by atoms with Crippen molar-refractivity contribution < 1.29 is 5.11 Å². The molecule has 0 bridgehead atoms. The minimum Gasteiger partial charge on any atom is -0.396 e. The standard InChI is InChI=1S/C16H30O/c17-15-11-10-14-16-12-8-6-4-2-1-3-5-7-9-13-16/h8,12,16-17H,1-7,9-11,13-15H2/b12-8+. The predicted molar refractivity (Wildman–Crippen MR) is 75.1 cm³/mol. The highest BCUT2D eigenvalue weighted by molar-refractivity contribution is 4.88. The van der Waals surface area contributed by atoms with Crippen LogP contribution in [0.1, 0.15) is 77.0 Å². The van der Waals surface area contributed by atoms with Crippen molar-refractivity contribution in [2.75, 3.05) is 6.61 Å². The second-order valence-electron chi connectivity index (χ2n) is 5.46. The SMILES string of the molecule is OCCCCC1/C=C/CCCCCCCCC1. The van der Waals surface area contributed by atoms with Crippen molar-refractivity contribution in [2.24, 2.45) is 5.92 Å². The van der Waals surface area contributed by atoms with E-state index >= 15 is 0 Å². The Hall–Kier alpha value is -0.300. The molecule has 1 rings (SSSR count). The van der Waals surface area contributed by atoms with Gasteiger partial charge in [-0.1, -0.05) is 57.1 Å². The maximum absolute atomic E-state index is 8.83. The first-order chi connectivity index (χ1) is 8.43. The third kappa shape index (κ3) is 8.43. The van der Waals surface area contributed by atoms with E-state index in [4.69, 9.17) is 5.11 Å². The number of rotatable bonds is 4. The minimum atomic E-state index is 0.358. The summed E-state index contributed by atoms with van der Waals surface area (Å²) in [6, 6.07) is 0. The van der Waals surface area contributed by atoms with Crippen LogP contribution in [0.15, 0.2) is 12.2 Å². The van der Waals surface area contributed by atoms with Crippen molar-refractivity contribution in [1.82, 2.24) is 0 Å². The number of hydrogen-bond donors (Lipinski definition) is 1. The summed E-state index contributed by atoms with van der Waals surface area (Å²) in [7, 11) is 0. The van der Waals surface area contributed by atoms with Crippen molar-refractivity contribution in [3.8, 4) is 0 Å². The molecule has 1 aliphatic rings. The molecule has 0 aliphatic heterocycles. The Bertz CT molecular complexity index is 186. The van der Waals surface area contributed by atoms with Gasteiger partial charge in [0.1, 0.15) is 0 Å². The molecule has 1 unspecified atom stereocenters. The number of hydrogen-bond acceptors (Lipinski definition) is 1. The Morgan fingerprint density at radius 3 is 2.35 bits per heavy atom. The molecule has 0 radical (unpaired) electrons. The lowest BCUT2D eigenvalue weighted by Crippen LogP contribution is -1.98. The highest BCUT2D eigenvalue weighted by atomic mass is 16.2. The van der Waals surface area contributed by atoms with Crippen molar-refractivity contribution >= 4 is 0 Å². The van der Waals surface area contributed by atoms with E-state index in [2.05, 4.69) is 12.2 Å². The van der Waals surface area contributed by atoms with Crippen LogP contribution >= 0.6 is 0 Å². The molecule has 100 valence electrons. The van der Waals surface area contributed by atoms with Gasteiger partial charge in [0, 0.05) is 6.61 Å². The van der Waals surface area contributed by atoms with E-state index in [1.165, 1.54) is 70.6 Å². The molecule has 1 atom stereocenters. The van der Waals surface area contributed by atoms with Gasteiger partial charge in [-0.15, -0.1) is 0 Å². The van der Waals surface area contributed by atoms with E-state index in [1.54, 1.807) is 0 Å². The molecule has 0 aromatic heterocycles. The van der Waals surface area contributed by atoms with E-state index in [0.29, 0.717) is 6.61 Å². The molecule has 1 aliphatic carbocycles. The summed E-state index contributed by atoms with van der Waals surface area (Å²) in [5, 5.41) is 8.83. The van der Waals surface area contributed by atoms with Crippen LogP contribution in [-0.4, -0.2) is 11.7 Å². The first-order valence-electron chi connectivity index (χ1n) is 7.71. The van der Waals surface area contributed by atoms with Gasteiger partial charge in [-0.05, 0) is 38.0 Å². The molecule has 0 heterocycles. The van der Waals surface area contributed by atoms with Crippen LogP contribution in [-0.2, 0) is 0 Å². The van der Waals surface area contributed by atoms with Crippen LogP contribution in [0.25, 0.3) is 0 Å². The van der Waals surface area contributed by atoms with E-state index in [1.807, 2.05) is 0 Å². The summed E-state index contributed by atoms with van der Waals surface area (Å²) in [5.74, 6) is 0.779. The Labute approximate surface area is 107 Å². The monoisotopic (exact) mass is 238 g/mol. The summed E-state index contributed by atoms with van der Waals surface area (Å²) in [6.45, 7) is 0.358. The zero-order chi connectivity index (χ0) is 12.2. The maximum atomic E-state index is 8.83. The molecule has 0 amide bonds. The second kappa shape index (κ2) is 10.8. The Kier molecular flexibility index (Phi) is 9.40. The lowest BCUT2D eigenvalue weighted by atomic mass is 9.93. The summed E-state index contributed by atoms with van der Waals surface area (Å²) >= 11 is 0. The van der Waals surface area contributed by atoms with Crippen LogP contribution in [0.4, 0.5) is 0 Å². The maximum Gasteiger partial charge on any atom is 0.0431 e. The molecule has 0 spiro atoms. The summed E-state index contributed by atoms with van der Waals surface area (Å²) in [5.41, 5.74) is 0. The highest BCUT2D eigenvalue weighted by Gasteiger charge is 2.05. The summed E-state index contributed by atoms with van der Waals surface area (Å²) in [6.07, 6.45) is 20.9. The summed E-state index contributed by atoms with van der Waals surface area (Å²) < 4.78 is 0. The smallest absolute Gasteiger partial charge is 0.0431 e. The quantitative estimate of drug-likeness (QED) is 0.548. The fourth-order valence-electron chi connectivity index (χ4n) is 2.70. The average molecular weight is 238 g/mol. The molecular weight excluding hydrogens is 208 g/mol. The number of aliphatic hydroxyl groups is 1. The fourth-order valence-corrected chi connectivity index (χ4v) is 2.70. The van der Waals surface area contributed by atoms with Gasteiger partial charge in [-0.3, -0.25) is 0 Å². The molecule has 0 aromatic rings. The van der Waals surface area contributed by atoms with Gasteiger partial charge in [-0.2, -0.15) is 0 Å². The molecular formula is C16H30O. The van der Waals surface area contributed by atoms with Crippen molar-refractivity contribution in [2.45, 2.75) is 77.0 Å².